The first-order valence-electron chi connectivity index (χ1n) is 5.31. The highest BCUT2D eigenvalue weighted by molar-refractivity contribution is 6.00. The molecule has 18 heavy (non-hydrogen) atoms. The van der Waals surface area contributed by atoms with Crippen LogP contribution in [0.1, 0.15) is 20.8 Å². The molecule has 1 atom stereocenters. The van der Waals surface area contributed by atoms with Gasteiger partial charge in [-0.3, -0.25) is 14.4 Å². The van der Waals surface area contributed by atoms with Crippen LogP contribution < -0.4 is 0 Å². The lowest BCUT2D eigenvalue weighted by molar-refractivity contribution is -0.178. The molecule has 0 aromatic heterocycles. The van der Waals surface area contributed by atoms with Crippen LogP contribution in [0.4, 0.5) is 0 Å². The number of methoxy groups -OCH3 is 2. The first-order chi connectivity index (χ1) is 8.34. The Bertz CT molecular complexity index is 342. The molecule has 0 heterocycles. The first-order valence-corrected chi connectivity index (χ1v) is 5.31. The molecule has 0 aliphatic heterocycles. The molecule has 0 amide bonds. The zero-order valence-electron chi connectivity index (χ0n) is 11.2. The van der Waals surface area contributed by atoms with Crippen molar-refractivity contribution in [1.82, 2.24) is 0 Å². The van der Waals surface area contributed by atoms with E-state index in [0.29, 0.717) is 0 Å². The molecule has 0 N–H and O–H groups in total. The minimum Gasteiger partial charge on any atom is -0.468 e. The molecule has 0 fully saturated rings. The Morgan fingerprint density at radius 1 is 1.11 bits per heavy atom. The zero-order chi connectivity index (χ0) is 14.3. The monoisotopic (exact) mass is 258 g/mol. The number of hydrogen-bond donors (Lipinski definition) is 0. The third kappa shape index (κ3) is 3.32. The van der Waals surface area contributed by atoms with Gasteiger partial charge in [0.2, 0.25) is 5.41 Å². The summed E-state index contributed by atoms with van der Waals surface area (Å²) >= 11 is 0. The predicted octanol–water partition coefficient (Wildman–Crippen LogP) is 0.847. The molecule has 6 nitrogen and oxygen atoms in total. The number of carbonyl (C=O) groups is 3. The number of allylic oxidation sites excluding steroid dienone is 1. The average Bonchev–Trinajstić information content (AvgIpc) is 2.34. The topological polar surface area (TPSA) is 78.9 Å². The number of carbonyl (C=O) groups excluding carboxylic acids is 3. The molecule has 0 aromatic carbocycles. The fourth-order valence-electron chi connectivity index (χ4n) is 1.44. The van der Waals surface area contributed by atoms with Crippen molar-refractivity contribution in [2.24, 2.45) is 5.41 Å². The molecule has 0 spiro atoms. The Morgan fingerprint density at radius 3 is 1.83 bits per heavy atom. The summed E-state index contributed by atoms with van der Waals surface area (Å²) in [5.41, 5.74) is -1.73. The maximum Gasteiger partial charge on any atom is 0.327 e. The molecule has 0 aliphatic carbocycles. The first kappa shape index (κ1) is 16.1. The second kappa shape index (κ2) is 6.78. The van der Waals surface area contributed by atoms with Crippen molar-refractivity contribution in [3.8, 4) is 0 Å². The lowest BCUT2D eigenvalue weighted by Gasteiger charge is -2.29. The minimum atomic E-state index is -1.73. The van der Waals surface area contributed by atoms with Gasteiger partial charge in [-0.25, -0.2) is 0 Å². The van der Waals surface area contributed by atoms with Crippen LogP contribution >= 0.6 is 0 Å². The summed E-state index contributed by atoms with van der Waals surface area (Å²) in [5.74, 6) is -2.28. The largest absolute Gasteiger partial charge is 0.468 e. The zero-order valence-corrected chi connectivity index (χ0v) is 11.2. The van der Waals surface area contributed by atoms with E-state index < -0.39 is 29.4 Å². The molecule has 102 valence electrons. The van der Waals surface area contributed by atoms with E-state index >= 15 is 0 Å². The van der Waals surface area contributed by atoms with Crippen molar-refractivity contribution in [2.75, 3.05) is 14.2 Å². The van der Waals surface area contributed by atoms with Gasteiger partial charge >= 0.3 is 17.9 Å². The summed E-state index contributed by atoms with van der Waals surface area (Å²) < 4.78 is 14.1. The van der Waals surface area contributed by atoms with Crippen LogP contribution in [0, 0.1) is 5.41 Å². The Labute approximate surface area is 106 Å². The summed E-state index contributed by atoms with van der Waals surface area (Å²) in [5, 5.41) is 0. The van der Waals surface area contributed by atoms with Crippen LogP contribution in [-0.4, -0.2) is 38.2 Å². The lowest BCUT2D eigenvalue weighted by atomic mass is 9.83. The molecule has 0 aliphatic rings. The fourth-order valence-corrected chi connectivity index (χ4v) is 1.44. The van der Waals surface area contributed by atoms with Crippen LogP contribution in [0.15, 0.2) is 12.2 Å². The molecular weight excluding hydrogens is 240 g/mol. The van der Waals surface area contributed by atoms with Crippen molar-refractivity contribution >= 4 is 17.9 Å². The maximum absolute atomic E-state index is 11.8. The summed E-state index contributed by atoms with van der Waals surface area (Å²) in [6.07, 6.45) is 1.91. The second-order valence-corrected chi connectivity index (χ2v) is 3.74. The van der Waals surface area contributed by atoms with Gasteiger partial charge in [0, 0.05) is 6.92 Å². The summed E-state index contributed by atoms with van der Waals surface area (Å²) in [6, 6.07) is 0. The van der Waals surface area contributed by atoms with Crippen molar-refractivity contribution < 1.29 is 28.6 Å². The van der Waals surface area contributed by atoms with E-state index in [4.69, 9.17) is 4.74 Å². The van der Waals surface area contributed by atoms with Gasteiger partial charge in [0.15, 0.2) is 0 Å². The van der Waals surface area contributed by atoms with Crippen LogP contribution in [0.5, 0.6) is 0 Å². The van der Waals surface area contributed by atoms with E-state index in [1.54, 1.807) is 13.0 Å². The Hall–Kier alpha value is -1.85. The van der Waals surface area contributed by atoms with E-state index in [9.17, 15) is 14.4 Å². The van der Waals surface area contributed by atoms with Crippen LogP contribution in [0.3, 0.4) is 0 Å². The smallest absolute Gasteiger partial charge is 0.327 e. The Morgan fingerprint density at radius 2 is 1.56 bits per heavy atom. The molecule has 0 bridgehead atoms. The van der Waals surface area contributed by atoms with Crippen LogP contribution in [0.2, 0.25) is 0 Å². The number of hydrogen-bond acceptors (Lipinski definition) is 6. The van der Waals surface area contributed by atoms with Crippen molar-refractivity contribution in [3.05, 3.63) is 12.2 Å². The van der Waals surface area contributed by atoms with Crippen molar-refractivity contribution in [2.45, 2.75) is 26.9 Å². The quantitative estimate of drug-likeness (QED) is 0.315. The third-order valence-corrected chi connectivity index (χ3v) is 2.45. The van der Waals surface area contributed by atoms with Crippen LogP contribution in [-0.2, 0) is 28.6 Å². The molecule has 0 saturated heterocycles. The highest BCUT2D eigenvalue weighted by Crippen LogP contribution is 2.29. The molecular formula is C12H18O6. The van der Waals surface area contributed by atoms with Crippen LogP contribution in [0.25, 0.3) is 0 Å². The molecule has 0 saturated carbocycles. The maximum atomic E-state index is 11.8. The third-order valence-electron chi connectivity index (χ3n) is 2.45. The van der Waals surface area contributed by atoms with Gasteiger partial charge in [-0.1, -0.05) is 6.08 Å². The molecule has 0 unspecified atom stereocenters. The van der Waals surface area contributed by atoms with Gasteiger partial charge in [0.05, 0.1) is 14.2 Å². The molecule has 0 rings (SSSR count). The molecule has 0 aromatic rings. The standard InChI is InChI=1S/C12H18O6/c1-6-7-9(18-8(2)13)12(3,10(14)16-4)11(15)17-5/h6-7,9H,1-5H3/b7-6+/t9-/m1/s1. The molecule has 6 heteroatoms. The Balaban J connectivity index is 5.55. The normalized spacial score (nSPS) is 12.9. The van der Waals surface area contributed by atoms with Gasteiger partial charge in [0.1, 0.15) is 6.10 Å². The SMILES string of the molecule is C/C=C/[C@@H](OC(C)=O)C(C)(C(=O)OC)C(=O)OC. The highest BCUT2D eigenvalue weighted by atomic mass is 16.6. The van der Waals surface area contributed by atoms with E-state index in [0.717, 1.165) is 14.2 Å². The van der Waals surface area contributed by atoms with Gasteiger partial charge in [0.25, 0.3) is 0 Å². The van der Waals surface area contributed by atoms with E-state index in [2.05, 4.69) is 9.47 Å². The summed E-state index contributed by atoms with van der Waals surface area (Å²) in [6.45, 7) is 4.16. The lowest BCUT2D eigenvalue weighted by Crippen LogP contribution is -2.48. The van der Waals surface area contributed by atoms with E-state index in [-0.39, 0.29) is 0 Å². The number of esters is 3. The highest BCUT2D eigenvalue weighted by Gasteiger charge is 2.51. The van der Waals surface area contributed by atoms with Gasteiger partial charge < -0.3 is 14.2 Å². The average molecular weight is 258 g/mol. The van der Waals surface area contributed by atoms with Gasteiger partial charge in [-0.2, -0.15) is 0 Å². The summed E-state index contributed by atoms with van der Waals surface area (Å²) in [7, 11) is 2.29. The van der Waals surface area contributed by atoms with E-state index in [1.807, 2.05) is 0 Å². The van der Waals surface area contributed by atoms with E-state index in [1.165, 1.54) is 19.9 Å². The summed E-state index contributed by atoms with van der Waals surface area (Å²) in [4.78, 5) is 34.6. The number of rotatable bonds is 5. The predicted molar refractivity (Wildman–Crippen MR) is 62.5 cm³/mol. The molecule has 0 radical (unpaired) electrons. The van der Waals surface area contributed by atoms with Gasteiger partial charge in [-0.05, 0) is 19.9 Å². The minimum absolute atomic E-state index is 0.614. The van der Waals surface area contributed by atoms with Crippen molar-refractivity contribution in [1.29, 1.82) is 0 Å². The fraction of sp³-hybridized carbons (Fsp3) is 0.583. The Kier molecular flexibility index (Phi) is 6.08. The van der Waals surface area contributed by atoms with Crippen molar-refractivity contribution in [3.63, 3.8) is 0 Å². The second-order valence-electron chi connectivity index (χ2n) is 3.74. The van der Waals surface area contributed by atoms with Gasteiger partial charge in [-0.15, -0.1) is 0 Å². The number of ether oxygens (including phenoxy) is 3.